The van der Waals surface area contributed by atoms with Crippen LogP contribution in [-0.4, -0.2) is 57.7 Å². The number of aromatic amines is 1. The first-order valence-corrected chi connectivity index (χ1v) is 6.70. The SMILES string of the molecule is O=C(O)C[C@H]1COCCN1C(=O)c1nc2ccccc2[nH]1. The number of nitrogens with one attached hydrogen (secondary N) is 1. The number of hydrogen-bond acceptors (Lipinski definition) is 4. The highest BCUT2D eigenvalue weighted by atomic mass is 16.5. The smallest absolute Gasteiger partial charge is 0.305 e. The van der Waals surface area contributed by atoms with Gasteiger partial charge in [0.25, 0.3) is 5.91 Å². The predicted molar refractivity (Wildman–Crippen MR) is 74.0 cm³/mol. The fraction of sp³-hybridized carbons (Fsp3) is 0.357. The number of carboxylic acids is 1. The first kappa shape index (κ1) is 13.6. The van der Waals surface area contributed by atoms with Crippen LogP contribution in [0.2, 0.25) is 0 Å². The molecule has 7 nitrogen and oxygen atoms in total. The fourth-order valence-electron chi connectivity index (χ4n) is 2.48. The summed E-state index contributed by atoms with van der Waals surface area (Å²) in [6, 6.07) is 6.90. The largest absolute Gasteiger partial charge is 0.481 e. The number of H-pyrrole nitrogens is 1. The maximum Gasteiger partial charge on any atom is 0.305 e. The van der Waals surface area contributed by atoms with Gasteiger partial charge in [0.1, 0.15) is 0 Å². The average molecular weight is 289 g/mol. The van der Waals surface area contributed by atoms with E-state index >= 15 is 0 Å². The number of fused-ring (bicyclic) bond motifs is 1. The Morgan fingerprint density at radius 1 is 1.43 bits per heavy atom. The van der Waals surface area contributed by atoms with Gasteiger partial charge in [-0.15, -0.1) is 0 Å². The number of carboxylic acid groups (broad SMARTS) is 1. The van der Waals surface area contributed by atoms with Gasteiger partial charge < -0.3 is 19.7 Å². The quantitative estimate of drug-likeness (QED) is 0.874. The molecule has 0 aliphatic carbocycles. The molecule has 3 rings (SSSR count). The van der Waals surface area contributed by atoms with Crippen LogP contribution in [0.4, 0.5) is 0 Å². The molecule has 1 aromatic heterocycles. The lowest BCUT2D eigenvalue weighted by Crippen LogP contribution is -2.49. The summed E-state index contributed by atoms with van der Waals surface area (Å²) in [6.45, 7) is 1.01. The van der Waals surface area contributed by atoms with E-state index in [1.807, 2.05) is 24.3 Å². The van der Waals surface area contributed by atoms with E-state index < -0.39 is 12.0 Å². The number of carbonyl (C=O) groups excluding carboxylic acids is 1. The Morgan fingerprint density at radius 2 is 2.24 bits per heavy atom. The van der Waals surface area contributed by atoms with E-state index in [0.717, 1.165) is 5.52 Å². The Labute approximate surface area is 120 Å². The van der Waals surface area contributed by atoms with Crippen LogP contribution in [0.15, 0.2) is 24.3 Å². The molecule has 2 aromatic rings. The zero-order chi connectivity index (χ0) is 14.8. The zero-order valence-electron chi connectivity index (χ0n) is 11.3. The molecule has 1 atom stereocenters. The monoisotopic (exact) mass is 289 g/mol. The van der Waals surface area contributed by atoms with Gasteiger partial charge in [0.2, 0.25) is 0 Å². The Hall–Kier alpha value is -2.41. The molecule has 1 aliphatic rings. The lowest BCUT2D eigenvalue weighted by molar-refractivity contribution is -0.139. The van der Waals surface area contributed by atoms with E-state index in [1.54, 1.807) is 0 Å². The van der Waals surface area contributed by atoms with Crippen LogP contribution in [0.25, 0.3) is 11.0 Å². The number of imidazole rings is 1. The van der Waals surface area contributed by atoms with E-state index in [0.29, 0.717) is 18.7 Å². The molecule has 1 fully saturated rings. The third kappa shape index (κ3) is 2.73. The van der Waals surface area contributed by atoms with E-state index in [-0.39, 0.29) is 24.8 Å². The Balaban J connectivity index is 1.86. The third-order valence-electron chi connectivity index (χ3n) is 3.49. The zero-order valence-corrected chi connectivity index (χ0v) is 11.3. The van der Waals surface area contributed by atoms with Gasteiger partial charge in [0.15, 0.2) is 5.82 Å². The normalized spacial score (nSPS) is 18.9. The number of hydrogen-bond donors (Lipinski definition) is 2. The van der Waals surface area contributed by atoms with E-state index in [2.05, 4.69) is 9.97 Å². The summed E-state index contributed by atoms with van der Waals surface area (Å²) in [6.07, 6.45) is -0.133. The minimum Gasteiger partial charge on any atom is -0.481 e. The lowest BCUT2D eigenvalue weighted by atomic mass is 10.1. The maximum absolute atomic E-state index is 12.5. The molecule has 110 valence electrons. The topological polar surface area (TPSA) is 95.5 Å². The van der Waals surface area contributed by atoms with Crippen LogP contribution in [0.1, 0.15) is 17.0 Å². The van der Waals surface area contributed by atoms with Gasteiger partial charge in [-0.1, -0.05) is 12.1 Å². The highest BCUT2D eigenvalue weighted by molar-refractivity contribution is 5.94. The van der Waals surface area contributed by atoms with Gasteiger partial charge in [-0.2, -0.15) is 0 Å². The van der Waals surface area contributed by atoms with E-state index in [9.17, 15) is 9.59 Å². The molecule has 2 N–H and O–H groups in total. The molecule has 0 unspecified atom stereocenters. The second-order valence-corrected chi connectivity index (χ2v) is 4.93. The number of amides is 1. The minimum absolute atomic E-state index is 0.133. The first-order chi connectivity index (χ1) is 10.1. The first-order valence-electron chi connectivity index (χ1n) is 6.70. The minimum atomic E-state index is -0.951. The van der Waals surface area contributed by atoms with Crippen molar-refractivity contribution < 1.29 is 19.4 Å². The number of ether oxygens (including phenoxy) is 1. The molecule has 1 saturated heterocycles. The van der Waals surface area contributed by atoms with Gasteiger partial charge in [-0.05, 0) is 12.1 Å². The highest BCUT2D eigenvalue weighted by Gasteiger charge is 2.31. The molecule has 0 radical (unpaired) electrons. The molecular weight excluding hydrogens is 274 g/mol. The number of carbonyl (C=O) groups is 2. The van der Waals surface area contributed by atoms with Gasteiger partial charge in [-0.25, -0.2) is 4.98 Å². The van der Waals surface area contributed by atoms with E-state index in [4.69, 9.17) is 9.84 Å². The van der Waals surface area contributed by atoms with Crippen molar-refractivity contribution in [3.63, 3.8) is 0 Å². The summed E-state index contributed by atoms with van der Waals surface area (Å²) >= 11 is 0. The van der Waals surface area contributed by atoms with E-state index in [1.165, 1.54) is 4.90 Å². The number of nitrogens with zero attached hydrogens (tertiary/aromatic N) is 2. The standard InChI is InChI=1S/C14H15N3O4/c18-12(19)7-9-8-21-6-5-17(9)14(20)13-15-10-3-1-2-4-11(10)16-13/h1-4,9H,5-8H2,(H,15,16)(H,18,19)/t9-/m0/s1. The van der Waals surface area contributed by atoms with Gasteiger partial charge >= 0.3 is 5.97 Å². The molecule has 7 heteroatoms. The van der Waals surface area contributed by atoms with Crippen molar-refractivity contribution in [1.82, 2.24) is 14.9 Å². The number of aromatic nitrogens is 2. The molecule has 0 saturated carbocycles. The number of aliphatic carboxylic acids is 1. The van der Waals surface area contributed by atoms with Crippen molar-refractivity contribution in [2.75, 3.05) is 19.8 Å². The van der Waals surface area contributed by atoms with Gasteiger partial charge in [-0.3, -0.25) is 9.59 Å². The van der Waals surface area contributed by atoms with Crippen LogP contribution >= 0.6 is 0 Å². The van der Waals surface area contributed by atoms with Crippen molar-refractivity contribution in [3.05, 3.63) is 30.1 Å². The lowest BCUT2D eigenvalue weighted by Gasteiger charge is -2.34. The molecule has 1 amide bonds. The van der Waals surface area contributed by atoms with Crippen LogP contribution in [0.5, 0.6) is 0 Å². The summed E-state index contributed by atoms with van der Waals surface area (Å²) in [5.41, 5.74) is 1.49. The second-order valence-electron chi connectivity index (χ2n) is 4.93. The second kappa shape index (κ2) is 5.53. The number of rotatable bonds is 3. The molecule has 0 bridgehead atoms. The summed E-state index contributed by atoms with van der Waals surface area (Å²) in [5.74, 6) is -1.01. The van der Waals surface area contributed by atoms with Crippen LogP contribution in [0.3, 0.4) is 0 Å². The third-order valence-corrected chi connectivity index (χ3v) is 3.49. The average Bonchev–Trinajstić information content (AvgIpc) is 2.90. The van der Waals surface area contributed by atoms with Crippen molar-refractivity contribution in [2.45, 2.75) is 12.5 Å². The molecule has 1 aromatic carbocycles. The number of para-hydroxylation sites is 2. The summed E-state index contributed by atoms with van der Waals surface area (Å²) < 4.78 is 5.27. The maximum atomic E-state index is 12.5. The molecular formula is C14H15N3O4. The molecule has 21 heavy (non-hydrogen) atoms. The Bertz CT molecular complexity index is 649. The van der Waals surface area contributed by atoms with Crippen LogP contribution in [-0.2, 0) is 9.53 Å². The van der Waals surface area contributed by atoms with Crippen molar-refractivity contribution in [2.24, 2.45) is 0 Å². The summed E-state index contributed by atoms with van der Waals surface area (Å²) in [5, 5.41) is 8.93. The van der Waals surface area contributed by atoms with Crippen LogP contribution < -0.4 is 0 Å². The van der Waals surface area contributed by atoms with Crippen molar-refractivity contribution >= 4 is 22.9 Å². The van der Waals surface area contributed by atoms with Gasteiger partial charge in [0, 0.05) is 6.54 Å². The Morgan fingerprint density at radius 3 is 3.00 bits per heavy atom. The van der Waals surface area contributed by atoms with Gasteiger partial charge in [0.05, 0.1) is 36.7 Å². The molecule has 2 heterocycles. The Kier molecular flexibility index (Phi) is 3.57. The van der Waals surface area contributed by atoms with Crippen LogP contribution in [0, 0.1) is 0 Å². The highest BCUT2D eigenvalue weighted by Crippen LogP contribution is 2.16. The number of morpholine rings is 1. The fourth-order valence-corrected chi connectivity index (χ4v) is 2.48. The number of benzene rings is 1. The molecule has 0 spiro atoms. The van der Waals surface area contributed by atoms with Crippen molar-refractivity contribution in [1.29, 1.82) is 0 Å². The summed E-state index contributed by atoms with van der Waals surface area (Å²) in [7, 11) is 0. The summed E-state index contributed by atoms with van der Waals surface area (Å²) in [4.78, 5) is 32.2. The predicted octanol–water partition coefficient (Wildman–Crippen LogP) is 0.879. The van der Waals surface area contributed by atoms with Crippen molar-refractivity contribution in [3.8, 4) is 0 Å². The molecule has 1 aliphatic heterocycles.